The molecule has 1 aliphatic heterocycles. The molecule has 1 aliphatic rings. The first kappa shape index (κ1) is 9.37. The van der Waals surface area contributed by atoms with Crippen molar-refractivity contribution in [3.63, 3.8) is 0 Å². The molecule has 0 amide bonds. The van der Waals surface area contributed by atoms with Crippen LogP contribution in [0, 0.1) is 0 Å². The zero-order valence-corrected chi connectivity index (χ0v) is 7.60. The lowest BCUT2D eigenvalue weighted by Crippen LogP contribution is -2.20. The van der Waals surface area contributed by atoms with Crippen molar-refractivity contribution in [1.29, 1.82) is 0 Å². The summed E-state index contributed by atoms with van der Waals surface area (Å²) in [4.78, 5) is 0. The smallest absolute Gasteiger partial charge is 0.269 e. The minimum atomic E-state index is -4.15. The van der Waals surface area contributed by atoms with Gasteiger partial charge in [-0.15, -0.1) is 11.8 Å². The Morgan fingerprint density at radius 1 is 1.42 bits per heavy atom. The maximum atomic E-state index is 10.4. The molecule has 1 rings (SSSR count). The van der Waals surface area contributed by atoms with Crippen LogP contribution >= 0.6 is 11.8 Å². The largest absolute Gasteiger partial charge is 0.357 e. The van der Waals surface area contributed by atoms with E-state index in [-0.39, 0.29) is 0 Å². The van der Waals surface area contributed by atoms with Crippen LogP contribution in [0.4, 0.5) is 0 Å². The highest BCUT2D eigenvalue weighted by Gasteiger charge is 2.03. The fourth-order valence-corrected chi connectivity index (χ4v) is 1.65. The third kappa shape index (κ3) is 3.61. The summed E-state index contributed by atoms with van der Waals surface area (Å²) >= 11 is 1.32. The van der Waals surface area contributed by atoms with E-state index in [0.717, 1.165) is 0 Å². The highest BCUT2D eigenvalue weighted by molar-refractivity contribution is 8.05. The molecule has 2 N–H and O–H groups in total. The highest BCUT2D eigenvalue weighted by atomic mass is 32.2. The molecule has 0 aromatic heterocycles. The van der Waals surface area contributed by atoms with Gasteiger partial charge in [-0.2, -0.15) is 8.42 Å². The summed E-state index contributed by atoms with van der Waals surface area (Å²) in [5.74, 6) is 0. The number of rotatable bonds is 2. The summed E-state index contributed by atoms with van der Waals surface area (Å²) in [5, 5.41) is 3.36. The molecule has 6 heteroatoms. The maximum Gasteiger partial charge on any atom is 0.357 e. The number of hydrogen-bond donors (Lipinski definition) is 2. The van der Waals surface area contributed by atoms with Crippen LogP contribution in [0.5, 0.6) is 0 Å². The lowest BCUT2D eigenvalue weighted by molar-refractivity contribution is 0.475. The van der Waals surface area contributed by atoms with E-state index in [9.17, 15) is 8.42 Å². The second-order valence-corrected chi connectivity index (χ2v) is 3.91. The van der Waals surface area contributed by atoms with Crippen LogP contribution in [0.1, 0.15) is 0 Å². The molecule has 0 aromatic rings. The molecule has 4 nitrogen and oxygen atoms in total. The van der Waals surface area contributed by atoms with E-state index >= 15 is 0 Å². The fraction of sp³-hybridized carbons (Fsp3) is 0. The van der Waals surface area contributed by atoms with E-state index < -0.39 is 10.3 Å². The van der Waals surface area contributed by atoms with Crippen molar-refractivity contribution in [3.05, 3.63) is 34.7 Å². The molecule has 66 valence electrons. The molecule has 0 radical (unpaired) electrons. The first-order valence-corrected chi connectivity index (χ1v) is 5.40. The Balaban J connectivity index is 2.71. The molecule has 0 spiro atoms. The van der Waals surface area contributed by atoms with Crippen molar-refractivity contribution < 1.29 is 13.0 Å². The predicted molar refractivity (Wildman–Crippen MR) is 48.6 cm³/mol. The fourth-order valence-electron chi connectivity index (χ4n) is 0.609. The average molecular weight is 205 g/mol. The molecular weight excluding hydrogens is 198 g/mol. The monoisotopic (exact) mass is 205 g/mol. The average Bonchev–Trinajstić information content (AvgIpc) is 2.12. The van der Waals surface area contributed by atoms with Gasteiger partial charge in [-0.3, -0.25) is 9.27 Å². The quantitative estimate of drug-likeness (QED) is 0.661. The van der Waals surface area contributed by atoms with Gasteiger partial charge in [-0.1, -0.05) is 12.2 Å². The standard InChI is InChI=1S/C6H7NO3S2/c8-12(9,10)7-6-3-1-2-4-11-5-6/h1-5,7H,(H,8,9,10). The lowest BCUT2D eigenvalue weighted by atomic mass is 10.4. The summed E-state index contributed by atoms with van der Waals surface area (Å²) in [6.45, 7) is 0. The van der Waals surface area contributed by atoms with Crippen molar-refractivity contribution in [2.45, 2.75) is 0 Å². The first-order valence-electron chi connectivity index (χ1n) is 3.02. The molecule has 0 bridgehead atoms. The van der Waals surface area contributed by atoms with Gasteiger partial charge in [-0.25, -0.2) is 0 Å². The minimum absolute atomic E-state index is 0.340. The van der Waals surface area contributed by atoms with Gasteiger partial charge in [0.15, 0.2) is 0 Å². The molecular formula is C6H7NO3S2. The molecule has 0 aromatic carbocycles. The molecule has 1 heterocycles. The second-order valence-electron chi connectivity index (χ2n) is 1.97. The Hall–Kier alpha value is -0.720. The van der Waals surface area contributed by atoms with Crippen molar-refractivity contribution in [2.24, 2.45) is 0 Å². The Morgan fingerprint density at radius 2 is 2.17 bits per heavy atom. The minimum Gasteiger partial charge on any atom is -0.269 e. The molecule has 0 saturated heterocycles. The van der Waals surface area contributed by atoms with E-state index in [1.54, 1.807) is 29.0 Å². The summed E-state index contributed by atoms with van der Waals surface area (Å²) in [7, 11) is -4.15. The molecule has 0 aliphatic carbocycles. The van der Waals surface area contributed by atoms with E-state index in [4.69, 9.17) is 4.55 Å². The van der Waals surface area contributed by atoms with Gasteiger partial charge >= 0.3 is 10.3 Å². The van der Waals surface area contributed by atoms with Gasteiger partial charge < -0.3 is 0 Å². The lowest BCUT2D eigenvalue weighted by Gasteiger charge is -2.00. The van der Waals surface area contributed by atoms with Gasteiger partial charge in [0.1, 0.15) is 0 Å². The van der Waals surface area contributed by atoms with Crippen molar-refractivity contribution in [3.8, 4) is 0 Å². The number of hydrogen-bond acceptors (Lipinski definition) is 3. The van der Waals surface area contributed by atoms with Crippen LogP contribution in [0.25, 0.3) is 0 Å². The Morgan fingerprint density at radius 3 is 2.83 bits per heavy atom. The predicted octanol–water partition coefficient (Wildman–Crippen LogP) is 1.04. The van der Waals surface area contributed by atoms with Gasteiger partial charge in [0.05, 0.1) is 5.70 Å². The zero-order valence-electron chi connectivity index (χ0n) is 5.97. The van der Waals surface area contributed by atoms with Crippen LogP contribution in [-0.4, -0.2) is 13.0 Å². The molecule has 0 fully saturated rings. The maximum absolute atomic E-state index is 10.4. The van der Waals surface area contributed by atoms with Crippen molar-refractivity contribution in [2.75, 3.05) is 0 Å². The first-order chi connectivity index (χ1) is 5.58. The summed E-state index contributed by atoms with van der Waals surface area (Å²) in [6, 6.07) is 0. The number of allylic oxidation sites excluding steroid dienone is 3. The third-order valence-electron chi connectivity index (χ3n) is 0.986. The molecule has 12 heavy (non-hydrogen) atoms. The van der Waals surface area contributed by atoms with Crippen LogP contribution in [0.2, 0.25) is 0 Å². The van der Waals surface area contributed by atoms with Gasteiger partial charge in [0.2, 0.25) is 0 Å². The van der Waals surface area contributed by atoms with E-state index in [2.05, 4.69) is 0 Å². The van der Waals surface area contributed by atoms with Gasteiger partial charge in [0.25, 0.3) is 0 Å². The van der Waals surface area contributed by atoms with E-state index in [1.807, 2.05) is 4.72 Å². The highest BCUT2D eigenvalue weighted by Crippen LogP contribution is 2.12. The van der Waals surface area contributed by atoms with Gasteiger partial charge in [-0.05, 0) is 16.9 Å². The SMILES string of the molecule is O=S(=O)(O)NC1=CSC=CC=C1. The molecule has 0 saturated carbocycles. The van der Waals surface area contributed by atoms with E-state index in [0.29, 0.717) is 5.70 Å². The molecule has 0 atom stereocenters. The van der Waals surface area contributed by atoms with Crippen LogP contribution in [0.15, 0.2) is 34.7 Å². The Labute approximate surface area is 74.9 Å². The summed E-state index contributed by atoms with van der Waals surface area (Å²) in [5.41, 5.74) is 0.340. The summed E-state index contributed by atoms with van der Waals surface area (Å²) in [6.07, 6.45) is 4.98. The van der Waals surface area contributed by atoms with E-state index in [1.165, 1.54) is 11.8 Å². The van der Waals surface area contributed by atoms with Crippen LogP contribution in [-0.2, 0) is 10.3 Å². The molecule has 0 unspecified atom stereocenters. The third-order valence-corrected chi connectivity index (χ3v) is 2.18. The summed E-state index contributed by atoms with van der Waals surface area (Å²) < 4.78 is 31.1. The van der Waals surface area contributed by atoms with Crippen molar-refractivity contribution >= 4 is 22.1 Å². The Kier molecular flexibility index (Phi) is 2.96. The Bertz CT molecular complexity index is 340. The van der Waals surface area contributed by atoms with Crippen LogP contribution < -0.4 is 4.72 Å². The topological polar surface area (TPSA) is 66.4 Å². The van der Waals surface area contributed by atoms with Gasteiger partial charge in [0, 0.05) is 0 Å². The number of nitrogens with one attached hydrogen (secondary N) is 1. The normalized spacial score (nSPS) is 16.9. The zero-order chi connectivity index (χ0) is 9.03. The number of thioether (sulfide) groups is 1. The second kappa shape index (κ2) is 3.79. The van der Waals surface area contributed by atoms with Crippen molar-refractivity contribution in [1.82, 2.24) is 4.72 Å². The van der Waals surface area contributed by atoms with Crippen LogP contribution in [0.3, 0.4) is 0 Å².